The molecule has 0 bridgehead atoms. The Hall–Kier alpha value is -3.91. The Morgan fingerprint density at radius 3 is 2.59 bits per heavy atom. The van der Waals surface area contributed by atoms with E-state index in [4.69, 9.17) is 13.9 Å². The third-order valence-corrected chi connectivity index (χ3v) is 6.23. The van der Waals surface area contributed by atoms with Crippen molar-refractivity contribution in [1.82, 2.24) is 0 Å². The van der Waals surface area contributed by atoms with E-state index >= 15 is 0 Å². The Morgan fingerprint density at radius 2 is 1.85 bits per heavy atom. The minimum absolute atomic E-state index is 0.222. The maximum absolute atomic E-state index is 12.9. The lowest BCUT2D eigenvalue weighted by atomic mass is 10.1. The van der Waals surface area contributed by atoms with Crippen molar-refractivity contribution in [1.29, 1.82) is 0 Å². The zero-order valence-electron chi connectivity index (χ0n) is 18.9. The van der Waals surface area contributed by atoms with Crippen LogP contribution in [-0.2, 0) is 9.53 Å². The Labute approximate surface area is 199 Å². The number of nitrogens with one attached hydrogen (secondary N) is 1. The number of aryl methyl sites for hydroxylation is 1. The fraction of sp³-hybridized carbons (Fsp3) is 0.192. The highest BCUT2D eigenvalue weighted by Crippen LogP contribution is 2.36. The molecular formula is C26H23NO6S. The van der Waals surface area contributed by atoms with E-state index in [-0.39, 0.29) is 12.2 Å². The van der Waals surface area contributed by atoms with Crippen LogP contribution in [0.15, 0.2) is 69.9 Å². The molecular weight excluding hydrogens is 454 g/mol. The lowest BCUT2D eigenvalue weighted by Gasteiger charge is -2.15. The van der Waals surface area contributed by atoms with E-state index < -0.39 is 23.6 Å². The second-order valence-electron chi connectivity index (χ2n) is 7.60. The quantitative estimate of drug-likeness (QED) is 0.282. The molecule has 0 aliphatic heterocycles. The number of anilines is 1. The van der Waals surface area contributed by atoms with Gasteiger partial charge < -0.3 is 19.2 Å². The highest BCUT2D eigenvalue weighted by Gasteiger charge is 2.23. The van der Waals surface area contributed by atoms with Crippen LogP contribution < -0.4 is 15.7 Å². The molecule has 0 aliphatic carbocycles. The van der Waals surface area contributed by atoms with Gasteiger partial charge in [0.1, 0.15) is 16.3 Å². The summed E-state index contributed by atoms with van der Waals surface area (Å²) in [7, 11) is 0. The van der Waals surface area contributed by atoms with Gasteiger partial charge in [-0.05, 0) is 50.1 Å². The number of esters is 1. The number of benzene rings is 2. The molecule has 0 spiro atoms. The van der Waals surface area contributed by atoms with Gasteiger partial charge in [0.05, 0.1) is 12.2 Å². The fourth-order valence-electron chi connectivity index (χ4n) is 3.44. The Balaban J connectivity index is 1.55. The number of fused-ring (bicyclic) bond motifs is 1. The lowest BCUT2D eigenvalue weighted by molar-refractivity contribution is -0.122. The largest absolute Gasteiger partial charge is 0.481 e. The second-order valence-corrected chi connectivity index (χ2v) is 8.65. The zero-order chi connectivity index (χ0) is 24.2. The first-order chi connectivity index (χ1) is 16.4. The molecule has 1 amide bonds. The van der Waals surface area contributed by atoms with Gasteiger partial charge in [0.2, 0.25) is 0 Å². The van der Waals surface area contributed by atoms with Crippen LogP contribution >= 0.6 is 11.3 Å². The average molecular weight is 478 g/mol. The van der Waals surface area contributed by atoms with Gasteiger partial charge >= 0.3 is 11.6 Å². The molecule has 0 saturated heterocycles. The van der Waals surface area contributed by atoms with Crippen molar-refractivity contribution in [3.8, 4) is 16.2 Å². The molecule has 34 heavy (non-hydrogen) atoms. The summed E-state index contributed by atoms with van der Waals surface area (Å²) in [5.74, 6) is -0.562. The molecule has 8 heteroatoms. The molecule has 174 valence electrons. The van der Waals surface area contributed by atoms with Gasteiger partial charge in [0, 0.05) is 22.4 Å². The van der Waals surface area contributed by atoms with Crippen LogP contribution in [0.25, 0.3) is 21.4 Å². The van der Waals surface area contributed by atoms with Crippen molar-refractivity contribution in [2.75, 3.05) is 11.9 Å². The molecule has 0 radical (unpaired) electrons. The van der Waals surface area contributed by atoms with Gasteiger partial charge in [-0.3, -0.25) is 4.79 Å². The number of rotatable bonds is 7. The van der Waals surface area contributed by atoms with Crippen molar-refractivity contribution in [2.24, 2.45) is 0 Å². The van der Waals surface area contributed by atoms with Crippen LogP contribution in [-0.4, -0.2) is 24.6 Å². The van der Waals surface area contributed by atoms with Crippen molar-refractivity contribution in [3.05, 3.63) is 82.2 Å². The van der Waals surface area contributed by atoms with E-state index in [1.807, 2.05) is 37.3 Å². The number of carbonyl (C=O) groups is 2. The Bertz CT molecular complexity index is 1410. The summed E-state index contributed by atoms with van der Waals surface area (Å²) in [5, 5.41) is 3.97. The number of thiophene rings is 1. The minimum Gasteiger partial charge on any atom is -0.481 e. The van der Waals surface area contributed by atoms with Gasteiger partial charge in [-0.15, -0.1) is 11.3 Å². The standard InChI is InChI=1S/C26H23NO6S/c1-4-31-26(30)20-14-22(17-8-6-5-7-9-17)34-25(20)27-24(29)16(3)32-18-10-11-19-15(2)12-23(28)33-21(19)13-18/h5-14,16H,4H2,1-3H3,(H,27,29). The minimum atomic E-state index is -0.883. The Morgan fingerprint density at radius 1 is 1.09 bits per heavy atom. The molecule has 2 aromatic carbocycles. The summed E-state index contributed by atoms with van der Waals surface area (Å²) in [6.07, 6.45) is -0.883. The molecule has 4 rings (SSSR count). The Kier molecular flexibility index (Phi) is 6.79. The van der Waals surface area contributed by atoms with Crippen LogP contribution in [0.4, 0.5) is 5.00 Å². The van der Waals surface area contributed by atoms with Crippen LogP contribution in [0.1, 0.15) is 29.8 Å². The highest BCUT2D eigenvalue weighted by molar-refractivity contribution is 7.20. The molecule has 1 unspecified atom stereocenters. The van der Waals surface area contributed by atoms with E-state index in [1.54, 1.807) is 38.1 Å². The molecule has 0 aliphatic rings. The van der Waals surface area contributed by atoms with Gasteiger partial charge in [0.25, 0.3) is 5.91 Å². The smallest absolute Gasteiger partial charge is 0.341 e. The summed E-state index contributed by atoms with van der Waals surface area (Å²) in [6.45, 7) is 5.37. The second kappa shape index (κ2) is 9.93. The van der Waals surface area contributed by atoms with Gasteiger partial charge in [0.15, 0.2) is 6.10 Å². The zero-order valence-corrected chi connectivity index (χ0v) is 19.7. The van der Waals surface area contributed by atoms with E-state index in [0.717, 1.165) is 21.4 Å². The maximum Gasteiger partial charge on any atom is 0.341 e. The lowest BCUT2D eigenvalue weighted by Crippen LogP contribution is -2.30. The van der Waals surface area contributed by atoms with Crippen LogP contribution in [0.2, 0.25) is 0 Å². The first kappa shape index (κ1) is 23.3. The highest BCUT2D eigenvalue weighted by atomic mass is 32.1. The van der Waals surface area contributed by atoms with Gasteiger partial charge in [-0.1, -0.05) is 30.3 Å². The average Bonchev–Trinajstić information content (AvgIpc) is 3.23. The SMILES string of the molecule is CCOC(=O)c1cc(-c2ccccc2)sc1NC(=O)C(C)Oc1ccc2c(C)cc(=O)oc2c1. The van der Waals surface area contributed by atoms with E-state index in [0.29, 0.717) is 16.3 Å². The number of amides is 1. The van der Waals surface area contributed by atoms with Crippen LogP contribution in [0.3, 0.4) is 0 Å². The summed E-state index contributed by atoms with van der Waals surface area (Å²) >= 11 is 1.29. The predicted octanol–water partition coefficient (Wildman–Crippen LogP) is 5.41. The van der Waals surface area contributed by atoms with E-state index in [2.05, 4.69) is 5.32 Å². The van der Waals surface area contributed by atoms with Gasteiger partial charge in [-0.25, -0.2) is 9.59 Å². The van der Waals surface area contributed by atoms with Crippen LogP contribution in [0, 0.1) is 6.92 Å². The summed E-state index contributed by atoms with van der Waals surface area (Å²) in [5.41, 5.74) is 1.93. The summed E-state index contributed by atoms with van der Waals surface area (Å²) in [4.78, 5) is 37.9. The first-order valence-corrected chi connectivity index (χ1v) is 11.6. The van der Waals surface area contributed by atoms with E-state index in [9.17, 15) is 14.4 Å². The molecule has 0 fully saturated rings. The number of ether oxygens (including phenoxy) is 2. The summed E-state index contributed by atoms with van der Waals surface area (Å²) in [6, 6.07) is 17.8. The molecule has 1 atom stereocenters. The fourth-order valence-corrected chi connectivity index (χ4v) is 4.49. The maximum atomic E-state index is 12.9. The van der Waals surface area contributed by atoms with Crippen LogP contribution in [0.5, 0.6) is 5.75 Å². The van der Waals surface area contributed by atoms with E-state index in [1.165, 1.54) is 17.4 Å². The van der Waals surface area contributed by atoms with Crippen molar-refractivity contribution in [3.63, 3.8) is 0 Å². The monoisotopic (exact) mass is 477 g/mol. The van der Waals surface area contributed by atoms with Crippen molar-refractivity contribution < 1.29 is 23.5 Å². The molecule has 2 aromatic heterocycles. The molecule has 7 nitrogen and oxygen atoms in total. The predicted molar refractivity (Wildman–Crippen MR) is 132 cm³/mol. The molecule has 2 heterocycles. The van der Waals surface area contributed by atoms with Crippen molar-refractivity contribution >= 4 is 39.2 Å². The third kappa shape index (κ3) is 5.02. The molecule has 1 N–H and O–H groups in total. The number of carbonyl (C=O) groups excluding carboxylic acids is 2. The molecule has 4 aromatic rings. The molecule has 0 saturated carbocycles. The van der Waals surface area contributed by atoms with Gasteiger partial charge in [-0.2, -0.15) is 0 Å². The normalized spacial score (nSPS) is 11.7. The number of hydrogen-bond acceptors (Lipinski definition) is 7. The number of hydrogen-bond donors (Lipinski definition) is 1. The first-order valence-electron chi connectivity index (χ1n) is 10.7. The topological polar surface area (TPSA) is 94.8 Å². The summed E-state index contributed by atoms with van der Waals surface area (Å²) < 4.78 is 16.2. The third-order valence-electron chi connectivity index (χ3n) is 5.13. The van der Waals surface area contributed by atoms with Crippen molar-refractivity contribution in [2.45, 2.75) is 26.9 Å².